The fourth-order valence-electron chi connectivity index (χ4n) is 3.42. The molecule has 24 heavy (non-hydrogen) atoms. The Labute approximate surface area is 144 Å². The van der Waals surface area contributed by atoms with E-state index in [0.29, 0.717) is 32.1 Å². The van der Waals surface area contributed by atoms with E-state index in [1.165, 1.54) is 24.8 Å². The number of amides is 2. The molecular formula is C20H28N2O2. The summed E-state index contributed by atoms with van der Waals surface area (Å²) >= 11 is 0. The first-order valence-electron chi connectivity index (χ1n) is 9.36. The normalized spacial score (nSPS) is 18.4. The lowest BCUT2D eigenvalue weighted by molar-refractivity contribution is -0.139. The van der Waals surface area contributed by atoms with Gasteiger partial charge in [0.1, 0.15) is 0 Å². The summed E-state index contributed by atoms with van der Waals surface area (Å²) in [5, 5.41) is 0. The Morgan fingerprint density at radius 1 is 1.00 bits per heavy atom. The fraction of sp³-hybridized carbons (Fsp3) is 0.600. The minimum absolute atomic E-state index is 0.0905. The third-order valence-corrected chi connectivity index (χ3v) is 5.35. The van der Waals surface area contributed by atoms with Gasteiger partial charge in [0.2, 0.25) is 5.91 Å². The molecule has 0 bridgehead atoms. The van der Waals surface area contributed by atoms with Crippen molar-refractivity contribution < 1.29 is 9.59 Å². The molecule has 2 fully saturated rings. The summed E-state index contributed by atoms with van der Waals surface area (Å²) in [5.41, 5.74) is 2.05. The van der Waals surface area contributed by atoms with Gasteiger partial charge in [-0.05, 0) is 43.4 Å². The van der Waals surface area contributed by atoms with Gasteiger partial charge in [0.05, 0.1) is 0 Å². The van der Waals surface area contributed by atoms with Crippen LogP contribution in [0.5, 0.6) is 0 Å². The predicted molar refractivity (Wildman–Crippen MR) is 94.9 cm³/mol. The van der Waals surface area contributed by atoms with Crippen molar-refractivity contribution in [3.63, 3.8) is 0 Å². The predicted octanol–water partition coefficient (Wildman–Crippen LogP) is 3.11. The van der Waals surface area contributed by atoms with E-state index in [0.717, 1.165) is 24.8 Å². The van der Waals surface area contributed by atoms with Gasteiger partial charge in [-0.15, -0.1) is 0 Å². The smallest absolute Gasteiger partial charge is 0.253 e. The van der Waals surface area contributed by atoms with Crippen LogP contribution in [0.3, 0.4) is 0 Å². The van der Waals surface area contributed by atoms with Crippen LogP contribution < -0.4 is 0 Å². The van der Waals surface area contributed by atoms with Gasteiger partial charge in [-0.1, -0.05) is 31.9 Å². The highest BCUT2D eigenvalue weighted by atomic mass is 16.2. The van der Waals surface area contributed by atoms with Gasteiger partial charge in [-0.2, -0.15) is 0 Å². The van der Waals surface area contributed by atoms with Gasteiger partial charge < -0.3 is 9.80 Å². The molecule has 0 atom stereocenters. The number of carbonyl (C=O) groups is 2. The minimum atomic E-state index is 0.0905. The second-order valence-corrected chi connectivity index (χ2v) is 7.05. The van der Waals surface area contributed by atoms with Gasteiger partial charge in [0, 0.05) is 37.7 Å². The van der Waals surface area contributed by atoms with Crippen molar-refractivity contribution in [2.45, 2.75) is 45.4 Å². The molecule has 2 aliphatic rings. The molecule has 4 nitrogen and oxygen atoms in total. The Morgan fingerprint density at radius 2 is 1.62 bits per heavy atom. The van der Waals surface area contributed by atoms with Crippen LogP contribution in [0.4, 0.5) is 0 Å². The second-order valence-electron chi connectivity index (χ2n) is 7.05. The zero-order valence-corrected chi connectivity index (χ0v) is 14.7. The molecule has 1 saturated heterocycles. The van der Waals surface area contributed by atoms with Gasteiger partial charge in [-0.3, -0.25) is 9.59 Å². The maximum absolute atomic E-state index is 12.6. The molecular weight excluding hydrogens is 300 g/mol. The van der Waals surface area contributed by atoms with Crippen molar-refractivity contribution in [3.05, 3.63) is 35.4 Å². The molecule has 0 N–H and O–H groups in total. The Bertz CT molecular complexity index is 570. The Kier molecular flexibility index (Phi) is 5.54. The zero-order chi connectivity index (χ0) is 16.9. The van der Waals surface area contributed by atoms with Gasteiger partial charge in [-0.25, -0.2) is 0 Å². The van der Waals surface area contributed by atoms with Gasteiger partial charge in [0.15, 0.2) is 0 Å². The summed E-state index contributed by atoms with van der Waals surface area (Å²) in [5.74, 6) is 0.643. The summed E-state index contributed by atoms with van der Waals surface area (Å²) in [4.78, 5) is 28.7. The molecule has 1 aromatic carbocycles. The lowest BCUT2D eigenvalue weighted by atomic mass is 9.84. The number of hydrogen-bond donors (Lipinski definition) is 0. The highest BCUT2D eigenvalue weighted by Crippen LogP contribution is 2.28. The molecule has 2 amide bonds. The molecule has 1 heterocycles. The quantitative estimate of drug-likeness (QED) is 0.833. The zero-order valence-electron chi connectivity index (χ0n) is 14.7. The molecule has 4 heteroatoms. The van der Waals surface area contributed by atoms with Crippen molar-refractivity contribution in [2.75, 3.05) is 26.2 Å². The fourth-order valence-corrected chi connectivity index (χ4v) is 3.42. The highest BCUT2D eigenvalue weighted by molar-refractivity contribution is 5.94. The first-order chi connectivity index (χ1) is 11.7. The van der Waals surface area contributed by atoms with Crippen molar-refractivity contribution >= 4 is 11.8 Å². The third kappa shape index (κ3) is 3.80. The average Bonchev–Trinajstić information content (AvgIpc) is 2.58. The minimum Gasteiger partial charge on any atom is -0.339 e. The third-order valence-electron chi connectivity index (χ3n) is 5.35. The maximum atomic E-state index is 12.6. The standard InChI is InChI=1S/C20H28N2O2/c1-2-3-5-16-8-10-18(11-9-16)20(24)22-14-12-21(13-15-22)19(23)17-6-4-7-17/h8-11,17H,2-7,12-15H2,1H3. The maximum Gasteiger partial charge on any atom is 0.253 e. The van der Waals surface area contributed by atoms with E-state index >= 15 is 0 Å². The first kappa shape index (κ1) is 17.0. The number of nitrogens with zero attached hydrogens (tertiary/aromatic N) is 2. The summed E-state index contributed by atoms with van der Waals surface area (Å²) in [6.45, 7) is 4.84. The average molecular weight is 328 g/mol. The highest BCUT2D eigenvalue weighted by Gasteiger charge is 2.32. The topological polar surface area (TPSA) is 40.6 Å². The second kappa shape index (κ2) is 7.82. The van der Waals surface area contributed by atoms with Crippen molar-refractivity contribution in [3.8, 4) is 0 Å². The van der Waals surface area contributed by atoms with E-state index in [9.17, 15) is 9.59 Å². The number of piperazine rings is 1. The van der Waals surface area contributed by atoms with E-state index < -0.39 is 0 Å². The van der Waals surface area contributed by atoms with E-state index in [4.69, 9.17) is 0 Å². The number of aryl methyl sites for hydroxylation is 1. The number of benzene rings is 1. The SMILES string of the molecule is CCCCc1ccc(C(=O)N2CCN(C(=O)C3CCC3)CC2)cc1. The monoisotopic (exact) mass is 328 g/mol. The molecule has 130 valence electrons. The van der Waals surface area contributed by atoms with Crippen LogP contribution in [0.2, 0.25) is 0 Å². The van der Waals surface area contributed by atoms with E-state index in [1.807, 2.05) is 21.9 Å². The Balaban J connectivity index is 1.52. The lowest BCUT2D eigenvalue weighted by Gasteiger charge is -2.38. The Morgan fingerprint density at radius 3 is 2.17 bits per heavy atom. The van der Waals surface area contributed by atoms with Gasteiger partial charge in [0.25, 0.3) is 5.91 Å². The van der Waals surface area contributed by atoms with Crippen LogP contribution in [0.1, 0.15) is 54.9 Å². The van der Waals surface area contributed by atoms with Crippen LogP contribution in [-0.2, 0) is 11.2 Å². The summed E-state index contributed by atoms with van der Waals surface area (Å²) in [7, 11) is 0. The first-order valence-corrected chi connectivity index (χ1v) is 9.36. The van der Waals surface area contributed by atoms with E-state index in [2.05, 4.69) is 19.1 Å². The summed E-state index contributed by atoms with van der Waals surface area (Å²) < 4.78 is 0. The summed E-state index contributed by atoms with van der Waals surface area (Å²) in [6, 6.07) is 8.02. The van der Waals surface area contributed by atoms with Crippen LogP contribution in [-0.4, -0.2) is 47.8 Å². The summed E-state index contributed by atoms with van der Waals surface area (Å²) in [6.07, 6.45) is 6.72. The lowest BCUT2D eigenvalue weighted by Crippen LogP contribution is -2.52. The molecule has 0 radical (unpaired) electrons. The molecule has 0 aromatic heterocycles. The number of carbonyl (C=O) groups excluding carboxylic acids is 2. The molecule has 1 aromatic rings. The largest absolute Gasteiger partial charge is 0.339 e. The Hall–Kier alpha value is -1.84. The van der Waals surface area contributed by atoms with Crippen LogP contribution in [0, 0.1) is 5.92 Å². The molecule has 1 saturated carbocycles. The van der Waals surface area contributed by atoms with Crippen LogP contribution >= 0.6 is 0 Å². The number of hydrogen-bond acceptors (Lipinski definition) is 2. The number of rotatable bonds is 5. The number of unbranched alkanes of at least 4 members (excludes halogenated alkanes) is 1. The molecule has 0 spiro atoms. The van der Waals surface area contributed by atoms with Crippen molar-refractivity contribution in [1.29, 1.82) is 0 Å². The molecule has 1 aliphatic carbocycles. The molecule has 3 rings (SSSR count). The van der Waals surface area contributed by atoms with E-state index in [-0.39, 0.29) is 11.8 Å². The van der Waals surface area contributed by atoms with Crippen LogP contribution in [0.15, 0.2) is 24.3 Å². The van der Waals surface area contributed by atoms with E-state index in [1.54, 1.807) is 0 Å². The van der Waals surface area contributed by atoms with Crippen molar-refractivity contribution in [2.24, 2.45) is 5.92 Å². The van der Waals surface area contributed by atoms with Crippen molar-refractivity contribution in [1.82, 2.24) is 9.80 Å². The molecule has 0 unspecified atom stereocenters. The molecule has 1 aliphatic heterocycles. The van der Waals surface area contributed by atoms with Gasteiger partial charge >= 0.3 is 0 Å². The van der Waals surface area contributed by atoms with Crippen LogP contribution in [0.25, 0.3) is 0 Å².